The minimum absolute atomic E-state index is 0.136. The van der Waals surface area contributed by atoms with E-state index in [4.69, 9.17) is 4.74 Å². The van der Waals surface area contributed by atoms with Crippen LogP contribution in [0.3, 0.4) is 0 Å². The lowest BCUT2D eigenvalue weighted by Gasteiger charge is -2.26. The topological polar surface area (TPSA) is 70.6 Å². The summed E-state index contributed by atoms with van der Waals surface area (Å²) in [5.41, 5.74) is 0.940. The number of rotatable bonds is 8. The average Bonchev–Trinajstić information content (AvgIpc) is 2.42. The van der Waals surface area contributed by atoms with E-state index in [0.29, 0.717) is 26.1 Å². The predicted octanol–water partition coefficient (Wildman–Crippen LogP) is 2.47. The summed E-state index contributed by atoms with van der Waals surface area (Å²) >= 11 is 0. The normalized spacial score (nSPS) is 12.6. The minimum atomic E-state index is -0.373. The van der Waals surface area contributed by atoms with E-state index in [1.54, 1.807) is 6.92 Å². The summed E-state index contributed by atoms with van der Waals surface area (Å²) in [6.45, 7) is 9.15. The molecule has 0 saturated heterocycles. The lowest BCUT2D eigenvalue weighted by molar-refractivity contribution is 0.128. The van der Waals surface area contributed by atoms with Gasteiger partial charge in [-0.1, -0.05) is 32.0 Å². The molecule has 0 aliphatic carbocycles. The van der Waals surface area contributed by atoms with E-state index >= 15 is 0 Å². The molecule has 5 nitrogen and oxygen atoms in total. The summed E-state index contributed by atoms with van der Waals surface area (Å²) < 4.78 is 5.61. The van der Waals surface area contributed by atoms with Gasteiger partial charge in [0.25, 0.3) is 0 Å². The first kappa shape index (κ1) is 18.3. The van der Waals surface area contributed by atoms with Crippen molar-refractivity contribution < 1.29 is 14.6 Å². The van der Waals surface area contributed by atoms with E-state index < -0.39 is 0 Å². The third kappa shape index (κ3) is 7.31. The summed E-state index contributed by atoms with van der Waals surface area (Å²) in [5.74, 6) is 0.836. The van der Waals surface area contributed by atoms with Gasteiger partial charge >= 0.3 is 6.03 Å². The van der Waals surface area contributed by atoms with E-state index in [1.807, 2.05) is 45.0 Å². The Morgan fingerprint density at radius 3 is 2.64 bits per heavy atom. The van der Waals surface area contributed by atoms with Crippen molar-refractivity contribution in [3.8, 4) is 5.75 Å². The molecular formula is C17H28N2O3. The molecule has 5 heteroatoms. The highest BCUT2D eigenvalue weighted by Gasteiger charge is 2.20. The third-order valence-electron chi connectivity index (χ3n) is 3.31. The molecule has 0 saturated carbocycles. The van der Waals surface area contributed by atoms with Gasteiger partial charge in [0.05, 0.1) is 12.6 Å². The van der Waals surface area contributed by atoms with Crippen LogP contribution in [0.2, 0.25) is 0 Å². The van der Waals surface area contributed by atoms with E-state index in [0.717, 1.165) is 11.3 Å². The van der Waals surface area contributed by atoms with Crippen LogP contribution in [0.25, 0.3) is 0 Å². The van der Waals surface area contributed by atoms with E-state index in [-0.39, 0.29) is 17.6 Å². The average molecular weight is 308 g/mol. The zero-order valence-electron chi connectivity index (χ0n) is 14.0. The van der Waals surface area contributed by atoms with Crippen LogP contribution >= 0.6 is 0 Å². The fourth-order valence-corrected chi connectivity index (χ4v) is 2.30. The van der Waals surface area contributed by atoms with Gasteiger partial charge in [0.2, 0.25) is 0 Å². The number of aliphatic hydroxyl groups is 1. The second-order valence-electron chi connectivity index (χ2n) is 6.44. The number of hydrogen-bond acceptors (Lipinski definition) is 3. The Balaban J connectivity index is 2.20. The Bertz CT molecular complexity index is 473. The molecular weight excluding hydrogens is 280 g/mol. The fraction of sp³-hybridized carbons (Fsp3) is 0.588. The Morgan fingerprint density at radius 1 is 1.32 bits per heavy atom. The lowest BCUT2D eigenvalue weighted by Crippen LogP contribution is -2.42. The molecule has 3 N–H and O–H groups in total. The van der Waals surface area contributed by atoms with Gasteiger partial charge in [0.15, 0.2) is 0 Å². The molecule has 1 aromatic carbocycles. The van der Waals surface area contributed by atoms with Gasteiger partial charge in [-0.15, -0.1) is 0 Å². The highest BCUT2D eigenvalue weighted by atomic mass is 16.5. The van der Waals surface area contributed by atoms with Crippen LogP contribution in [0.5, 0.6) is 5.75 Å². The quantitative estimate of drug-likeness (QED) is 0.646. The minimum Gasteiger partial charge on any atom is -0.491 e. The standard InChI is InChI=1S/C17H28N2O3/c1-13-7-5-6-8-15(13)22-10-9-18-16(21)19-12-17(3,4)11-14(2)20/h5-8,14,20H,9-12H2,1-4H3,(H2,18,19,21). The van der Waals surface area contributed by atoms with Crippen LogP contribution in [-0.2, 0) is 0 Å². The van der Waals surface area contributed by atoms with Crippen molar-refractivity contribution in [3.63, 3.8) is 0 Å². The lowest BCUT2D eigenvalue weighted by atomic mass is 9.87. The van der Waals surface area contributed by atoms with Crippen molar-refractivity contribution in [1.82, 2.24) is 10.6 Å². The number of carbonyl (C=O) groups is 1. The molecule has 0 aromatic heterocycles. The van der Waals surface area contributed by atoms with E-state index in [2.05, 4.69) is 10.6 Å². The SMILES string of the molecule is Cc1ccccc1OCCNC(=O)NCC(C)(C)CC(C)O. The molecule has 22 heavy (non-hydrogen) atoms. The first-order valence-corrected chi connectivity index (χ1v) is 7.68. The summed E-state index contributed by atoms with van der Waals surface area (Å²) in [6, 6.07) is 7.57. The third-order valence-corrected chi connectivity index (χ3v) is 3.31. The molecule has 1 aromatic rings. The maximum absolute atomic E-state index is 11.7. The Labute approximate surface area is 133 Å². The number of carbonyl (C=O) groups excluding carboxylic acids is 1. The molecule has 0 bridgehead atoms. The Hall–Kier alpha value is -1.75. The molecule has 0 heterocycles. The number of aryl methyl sites for hydroxylation is 1. The van der Waals surface area contributed by atoms with Crippen molar-refractivity contribution in [2.75, 3.05) is 19.7 Å². The predicted molar refractivity (Wildman–Crippen MR) is 88.2 cm³/mol. The summed E-state index contributed by atoms with van der Waals surface area (Å²) in [5, 5.41) is 15.0. The zero-order chi connectivity index (χ0) is 16.6. The molecule has 1 unspecified atom stereocenters. The Kier molecular flexibility index (Phi) is 7.18. The number of para-hydroxylation sites is 1. The van der Waals surface area contributed by atoms with Gasteiger partial charge in [-0.05, 0) is 37.3 Å². The fourth-order valence-electron chi connectivity index (χ4n) is 2.30. The number of urea groups is 1. The smallest absolute Gasteiger partial charge is 0.314 e. The van der Waals surface area contributed by atoms with Gasteiger partial charge in [0, 0.05) is 6.54 Å². The van der Waals surface area contributed by atoms with Gasteiger partial charge < -0.3 is 20.5 Å². The maximum Gasteiger partial charge on any atom is 0.314 e. The largest absolute Gasteiger partial charge is 0.491 e. The maximum atomic E-state index is 11.7. The molecule has 0 fully saturated rings. The van der Waals surface area contributed by atoms with Crippen molar-refractivity contribution in [3.05, 3.63) is 29.8 Å². The van der Waals surface area contributed by atoms with Gasteiger partial charge in [-0.2, -0.15) is 0 Å². The molecule has 0 spiro atoms. The highest BCUT2D eigenvalue weighted by Crippen LogP contribution is 2.20. The molecule has 1 rings (SSSR count). The zero-order valence-corrected chi connectivity index (χ0v) is 14.0. The monoisotopic (exact) mass is 308 g/mol. The molecule has 0 aliphatic rings. The van der Waals surface area contributed by atoms with Crippen LogP contribution in [-0.4, -0.2) is 36.9 Å². The van der Waals surface area contributed by atoms with Gasteiger partial charge in [-0.25, -0.2) is 4.79 Å². The van der Waals surface area contributed by atoms with Crippen molar-refractivity contribution >= 4 is 6.03 Å². The summed E-state index contributed by atoms with van der Waals surface area (Å²) in [7, 11) is 0. The van der Waals surface area contributed by atoms with Crippen LogP contribution in [0.4, 0.5) is 4.79 Å². The molecule has 1 atom stereocenters. The van der Waals surface area contributed by atoms with E-state index in [1.165, 1.54) is 0 Å². The van der Waals surface area contributed by atoms with Crippen molar-refractivity contribution in [2.45, 2.75) is 40.2 Å². The number of ether oxygens (including phenoxy) is 1. The van der Waals surface area contributed by atoms with Gasteiger partial charge in [0.1, 0.15) is 12.4 Å². The van der Waals surface area contributed by atoms with Crippen molar-refractivity contribution in [1.29, 1.82) is 0 Å². The van der Waals surface area contributed by atoms with Gasteiger partial charge in [-0.3, -0.25) is 0 Å². The molecule has 0 aliphatic heterocycles. The summed E-state index contributed by atoms with van der Waals surface area (Å²) in [4.78, 5) is 11.7. The molecule has 124 valence electrons. The van der Waals surface area contributed by atoms with Crippen LogP contribution in [0, 0.1) is 12.3 Å². The first-order chi connectivity index (χ1) is 10.3. The number of aliphatic hydroxyl groups excluding tert-OH is 1. The molecule has 2 amide bonds. The summed E-state index contributed by atoms with van der Waals surface area (Å²) in [6.07, 6.45) is 0.270. The van der Waals surface area contributed by atoms with Crippen LogP contribution < -0.4 is 15.4 Å². The number of amides is 2. The second-order valence-corrected chi connectivity index (χ2v) is 6.44. The second kappa shape index (κ2) is 8.63. The molecule has 0 radical (unpaired) electrons. The number of nitrogens with one attached hydrogen (secondary N) is 2. The van der Waals surface area contributed by atoms with Crippen LogP contribution in [0.15, 0.2) is 24.3 Å². The van der Waals surface area contributed by atoms with E-state index in [9.17, 15) is 9.90 Å². The Morgan fingerprint density at radius 2 is 2.00 bits per heavy atom. The number of hydrogen-bond donors (Lipinski definition) is 3. The highest BCUT2D eigenvalue weighted by molar-refractivity contribution is 5.73. The number of benzene rings is 1. The first-order valence-electron chi connectivity index (χ1n) is 7.68. The van der Waals surface area contributed by atoms with Crippen LogP contribution in [0.1, 0.15) is 32.8 Å². The van der Waals surface area contributed by atoms with Crippen molar-refractivity contribution in [2.24, 2.45) is 5.41 Å².